The number of imidazole rings is 6. The second kappa shape index (κ2) is 38.3. The van der Waals surface area contributed by atoms with E-state index < -0.39 is 0 Å². The first kappa shape index (κ1) is 109. The van der Waals surface area contributed by atoms with E-state index in [1.807, 2.05) is 82.7 Å². The zero-order valence-electron chi connectivity index (χ0n) is 93.0. The molecule has 0 fully saturated rings. The Morgan fingerprint density at radius 3 is 1.24 bits per heavy atom. The van der Waals surface area contributed by atoms with Gasteiger partial charge in [-0.1, -0.05) is 342 Å². The molecular weight excluding hydrogens is 1660 g/mol. The van der Waals surface area contributed by atoms with Crippen LogP contribution in [0.1, 0.15) is 436 Å². The molecule has 0 saturated heterocycles. The number of oxazole rings is 1. The third-order valence-electron chi connectivity index (χ3n) is 23.5. The molecule has 0 saturated carbocycles. The molecule has 15 aromatic rings. The molecule has 0 unspecified atom stereocenters. The molecule has 0 bridgehead atoms. The van der Waals surface area contributed by atoms with Crippen molar-refractivity contribution in [2.45, 2.75) is 445 Å². The molecule has 736 valence electrons. The Bertz CT molecular complexity index is 5730. The van der Waals surface area contributed by atoms with Gasteiger partial charge in [-0.15, -0.1) is 0 Å². The summed E-state index contributed by atoms with van der Waals surface area (Å²) in [5, 5.41) is 15.2. The first-order valence-corrected chi connectivity index (χ1v) is 49.2. The Kier molecular flexibility index (Phi) is 30.8. The first-order chi connectivity index (χ1) is 61.2. The van der Waals surface area contributed by atoms with Crippen LogP contribution in [0.3, 0.4) is 0 Å². The van der Waals surface area contributed by atoms with Crippen molar-refractivity contribution in [2.24, 2.45) is 0 Å². The molecule has 0 N–H and O–H groups in total. The van der Waals surface area contributed by atoms with Gasteiger partial charge in [0.25, 0.3) is 0 Å². The van der Waals surface area contributed by atoms with Crippen molar-refractivity contribution in [1.29, 1.82) is 0 Å². The quantitative estimate of drug-likeness (QED) is 0.140. The largest absolute Gasteiger partial charge is 0.432 e. The average Bonchev–Trinajstić information content (AvgIpc) is 1.60. The van der Waals surface area contributed by atoms with E-state index >= 15 is 0 Å². The number of benzene rings is 1. The lowest BCUT2D eigenvalue weighted by molar-refractivity contribution is 0.325. The van der Waals surface area contributed by atoms with Crippen LogP contribution in [0.25, 0.3) is 45.0 Å². The fraction of sp³-hybridized carbons (Fsp3) is 0.591. The average molecular weight is 1840 g/mol. The van der Waals surface area contributed by atoms with Gasteiger partial charge < -0.3 is 17.8 Å². The zero-order chi connectivity index (χ0) is 102. The van der Waals surface area contributed by atoms with Gasteiger partial charge >= 0.3 is 5.84 Å². The molecule has 20 nitrogen and oxygen atoms in total. The summed E-state index contributed by atoms with van der Waals surface area (Å²) in [6.45, 7) is 108. The van der Waals surface area contributed by atoms with Gasteiger partial charge in [0.2, 0.25) is 5.78 Å². The lowest BCUT2D eigenvalue weighted by Gasteiger charge is -2.28. The lowest BCUT2D eigenvalue weighted by atomic mass is 9.79. The monoisotopic (exact) mass is 1840 g/mol. The van der Waals surface area contributed by atoms with Crippen molar-refractivity contribution in [3.63, 3.8) is 0 Å². The Balaban J connectivity index is 0.000000173. The summed E-state index contributed by atoms with van der Waals surface area (Å²) in [7, 11) is 0. The minimum Gasteiger partial charge on any atom is -0.432 e. The number of aromatic nitrogens is 19. The molecule has 1 aliphatic heterocycles. The maximum absolute atomic E-state index is 5.38. The molecular formula is C115H175N19O. The lowest BCUT2D eigenvalue weighted by Crippen LogP contribution is -2.30. The van der Waals surface area contributed by atoms with E-state index in [1.165, 1.54) is 92.1 Å². The van der Waals surface area contributed by atoms with Gasteiger partial charge in [0.1, 0.15) is 17.7 Å². The summed E-state index contributed by atoms with van der Waals surface area (Å²) in [4.78, 5) is 37.1. The molecule has 0 aliphatic carbocycles. The number of hydrogen-bond donors (Lipinski definition) is 0. The second-order valence-electron chi connectivity index (χ2n) is 53.7. The number of aryl methyl sites for hydroxylation is 1. The van der Waals surface area contributed by atoms with E-state index in [-0.39, 0.29) is 86.8 Å². The molecule has 16 rings (SSSR count). The fourth-order valence-corrected chi connectivity index (χ4v) is 17.9. The summed E-state index contributed by atoms with van der Waals surface area (Å²) in [5.41, 5.74) is 25.2. The van der Waals surface area contributed by atoms with Crippen LogP contribution in [0.15, 0.2) is 145 Å². The maximum Gasteiger partial charge on any atom is 0.306 e. The van der Waals surface area contributed by atoms with Crippen molar-refractivity contribution in [1.82, 2.24) is 91.1 Å². The second-order valence-corrected chi connectivity index (χ2v) is 53.7. The zero-order valence-corrected chi connectivity index (χ0v) is 93.0. The number of rotatable bonds is 0. The van der Waals surface area contributed by atoms with E-state index in [0.29, 0.717) is 5.84 Å². The summed E-state index contributed by atoms with van der Waals surface area (Å²) < 4.78 is 22.6. The Morgan fingerprint density at radius 2 is 0.733 bits per heavy atom. The third kappa shape index (κ3) is 25.5. The molecule has 0 atom stereocenters. The van der Waals surface area contributed by atoms with Crippen LogP contribution in [0.4, 0.5) is 0 Å². The molecule has 0 spiro atoms. The van der Waals surface area contributed by atoms with Crippen LogP contribution in [-0.2, 0) is 99.7 Å². The van der Waals surface area contributed by atoms with E-state index in [9.17, 15) is 0 Å². The molecule has 0 radical (unpaired) electrons. The summed E-state index contributed by atoms with van der Waals surface area (Å²) in [5.74, 6) is 2.79. The van der Waals surface area contributed by atoms with Crippen molar-refractivity contribution in [3.05, 3.63) is 232 Å². The first-order valence-electron chi connectivity index (χ1n) is 49.2. The van der Waals surface area contributed by atoms with Crippen molar-refractivity contribution >= 4 is 45.0 Å². The SMILES string of the molecule is CC(C)(C)c1c2ccccc2nn1C(C)(C)C.CC(C)(C)c1nc2ccccn2c1C(C)(C)C.CC(C)(C)c1nc2cccnn2c1C(C)(C)C.CC(C)(C)c1nc2cnccn2c1C(C)(C)C.CC(C)(C)c1nc2n(c1C(C)(C)C)CCCC2.CC(C)(C)c1nc2ncccn2c1C(C)(C)C.CC(C)(C)c1nc2occn2c1C(C)(C)C.CC(C)(C)c1nn2ccccc2c1C(C)(C)C. The molecule has 0 amide bonds. The van der Waals surface area contributed by atoms with Crippen LogP contribution < -0.4 is 0 Å². The van der Waals surface area contributed by atoms with E-state index in [0.717, 1.165) is 64.0 Å². The van der Waals surface area contributed by atoms with Gasteiger partial charge in [-0.25, -0.2) is 38.9 Å². The molecule has 15 heterocycles. The molecule has 135 heavy (non-hydrogen) atoms. The van der Waals surface area contributed by atoms with Gasteiger partial charge in [-0.05, 0) is 87.6 Å². The fourth-order valence-electron chi connectivity index (χ4n) is 17.9. The van der Waals surface area contributed by atoms with Gasteiger partial charge in [0, 0.05) is 155 Å². The summed E-state index contributed by atoms with van der Waals surface area (Å²) in [6.07, 6.45) is 22.8. The highest BCUT2D eigenvalue weighted by molar-refractivity contribution is 5.82. The van der Waals surface area contributed by atoms with Crippen LogP contribution in [-0.4, -0.2) is 91.1 Å². The number of fused-ring (bicyclic) bond motifs is 8. The summed E-state index contributed by atoms with van der Waals surface area (Å²) >= 11 is 0. The number of nitrogens with zero attached hydrogens (tertiary/aromatic N) is 19. The van der Waals surface area contributed by atoms with Crippen LogP contribution >= 0.6 is 0 Å². The highest BCUT2D eigenvalue weighted by atomic mass is 16.3. The Morgan fingerprint density at radius 1 is 0.304 bits per heavy atom. The van der Waals surface area contributed by atoms with Gasteiger partial charge in [-0.2, -0.15) is 20.3 Å². The van der Waals surface area contributed by atoms with Gasteiger partial charge in [0.15, 0.2) is 11.3 Å². The maximum atomic E-state index is 5.38. The van der Waals surface area contributed by atoms with E-state index in [2.05, 4.69) is 434 Å². The van der Waals surface area contributed by atoms with Crippen molar-refractivity contribution in [3.8, 4) is 0 Å². The predicted molar refractivity (Wildman–Crippen MR) is 567 cm³/mol. The van der Waals surface area contributed by atoms with Crippen molar-refractivity contribution < 1.29 is 4.42 Å². The van der Waals surface area contributed by atoms with Gasteiger partial charge in [-0.3, -0.25) is 18.5 Å². The smallest absolute Gasteiger partial charge is 0.306 e. The summed E-state index contributed by atoms with van der Waals surface area (Å²) in [6, 6.07) is 26.7. The topological polar surface area (TPSA) is 191 Å². The molecule has 1 aromatic carbocycles. The van der Waals surface area contributed by atoms with E-state index in [4.69, 9.17) is 39.5 Å². The normalized spacial score (nSPS) is 13.8. The number of hydrogen-bond acceptors (Lipinski definition) is 12. The standard InChI is InChI=1S/C15H26N2.3C15H22N2.3C14H21N3.C13H20N2O/c2*1-14(2,3)12-13(15(4,5)6)17-10-8-7-9-11(17)16-12;1-14(2,3)12-11-9-7-8-10-17(11)16-13(12)15(4,5)6;1-14(2,3)13-11-9-7-8-10-12(11)16-17(13)15(4,5)6;1-13(2,3)11-12(14(4,5)6)17-8-7-15-9-10(17)16-11;1-13(2,3)10-11(14(4,5)6)17-9-7-8-15-12(17)16-10;1-13(2,3)11-12(14(4,5)6)17-10(16-11)8-7-9-15-17;1-12(2,3)9-10(13(4,5)6)15-7-8-16-11(15)14-9/h7-10H2,1-6H3;3*7-10H,1-6H3;3*7-9H,1-6H3;7-8H,1-6H3. The Hall–Kier alpha value is -10.1. The van der Waals surface area contributed by atoms with Crippen molar-refractivity contribution in [2.75, 3.05) is 0 Å². The van der Waals surface area contributed by atoms with Crippen LogP contribution in [0.5, 0.6) is 0 Å². The Labute approximate surface area is 812 Å². The van der Waals surface area contributed by atoms with Gasteiger partial charge in [0.05, 0.1) is 96.8 Å². The third-order valence-corrected chi connectivity index (χ3v) is 23.5. The van der Waals surface area contributed by atoms with Crippen LogP contribution in [0.2, 0.25) is 0 Å². The highest BCUT2D eigenvalue weighted by Crippen LogP contribution is 2.43. The van der Waals surface area contributed by atoms with Crippen LogP contribution in [0, 0.1) is 0 Å². The molecule has 1 aliphatic rings. The van der Waals surface area contributed by atoms with E-state index in [1.54, 1.807) is 12.5 Å². The minimum absolute atomic E-state index is 0.0155. The molecule has 20 heteroatoms. The highest BCUT2D eigenvalue weighted by Gasteiger charge is 2.40. The minimum atomic E-state index is 0.0155. The predicted octanol–water partition coefficient (Wildman–Crippen LogP) is 29.3. The molecule has 14 aromatic heterocycles. The number of pyridine rings is 2.